The highest BCUT2D eigenvalue weighted by molar-refractivity contribution is 5.38. The van der Waals surface area contributed by atoms with E-state index in [1.54, 1.807) is 0 Å². The zero-order chi connectivity index (χ0) is 9.97. The molecule has 1 atom stereocenters. The lowest BCUT2D eigenvalue weighted by atomic mass is 10.2. The maximum Gasteiger partial charge on any atom is 0.126 e. The van der Waals surface area contributed by atoms with Gasteiger partial charge >= 0.3 is 0 Å². The van der Waals surface area contributed by atoms with Crippen molar-refractivity contribution in [2.24, 2.45) is 0 Å². The standard InChI is InChI=1S/C11H17N3/c1-9-3-5-12-11(7-9)13-10-4-6-14(2)8-10/h3,5,7,10H,4,6,8H2,1-2H3,(H,12,13). The predicted octanol–water partition coefficient (Wildman–Crippen LogP) is 1.51. The minimum absolute atomic E-state index is 0.564. The minimum atomic E-state index is 0.564. The summed E-state index contributed by atoms with van der Waals surface area (Å²) in [4.78, 5) is 6.64. The second-order valence-electron chi connectivity index (χ2n) is 4.11. The molecule has 76 valence electrons. The number of likely N-dealkylation sites (N-methyl/N-ethyl adjacent to an activating group) is 1. The Kier molecular flexibility index (Phi) is 2.68. The van der Waals surface area contributed by atoms with E-state index in [0.717, 1.165) is 12.4 Å². The molecular formula is C11H17N3. The number of aromatic nitrogens is 1. The van der Waals surface area contributed by atoms with Crippen molar-refractivity contribution in [3.8, 4) is 0 Å². The highest BCUT2D eigenvalue weighted by Crippen LogP contribution is 2.13. The van der Waals surface area contributed by atoms with Gasteiger partial charge in [-0.2, -0.15) is 0 Å². The molecule has 1 aliphatic heterocycles. The number of aryl methyl sites for hydroxylation is 1. The van der Waals surface area contributed by atoms with Crippen molar-refractivity contribution in [3.63, 3.8) is 0 Å². The van der Waals surface area contributed by atoms with E-state index in [0.29, 0.717) is 6.04 Å². The summed E-state index contributed by atoms with van der Waals surface area (Å²) in [5, 5.41) is 3.46. The molecular weight excluding hydrogens is 174 g/mol. The lowest BCUT2D eigenvalue weighted by Crippen LogP contribution is -2.23. The summed E-state index contributed by atoms with van der Waals surface area (Å²) >= 11 is 0. The van der Waals surface area contributed by atoms with Gasteiger partial charge in [0.25, 0.3) is 0 Å². The van der Waals surface area contributed by atoms with E-state index in [1.165, 1.54) is 18.5 Å². The van der Waals surface area contributed by atoms with Crippen LogP contribution in [0.5, 0.6) is 0 Å². The molecule has 0 radical (unpaired) electrons. The fourth-order valence-corrected chi connectivity index (χ4v) is 1.88. The SMILES string of the molecule is Cc1ccnc(NC2CCN(C)C2)c1. The highest BCUT2D eigenvalue weighted by Gasteiger charge is 2.18. The molecule has 3 nitrogen and oxygen atoms in total. The molecule has 2 rings (SSSR count). The predicted molar refractivity (Wildman–Crippen MR) is 58.5 cm³/mol. The first-order chi connectivity index (χ1) is 6.74. The van der Waals surface area contributed by atoms with Gasteiger partial charge in [-0.25, -0.2) is 4.98 Å². The van der Waals surface area contributed by atoms with Gasteiger partial charge < -0.3 is 10.2 Å². The molecule has 1 saturated heterocycles. The van der Waals surface area contributed by atoms with Gasteiger partial charge in [-0.1, -0.05) is 0 Å². The third-order valence-corrected chi connectivity index (χ3v) is 2.66. The molecule has 1 aliphatic rings. The fraction of sp³-hybridized carbons (Fsp3) is 0.545. The summed E-state index contributed by atoms with van der Waals surface area (Å²) in [7, 11) is 2.16. The molecule has 0 saturated carbocycles. The van der Waals surface area contributed by atoms with Crippen LogP contribution in [0.1, 0.15) is 12.0 Å². The first-order valence-corrected chi connectivity index (χ1v) is 5.12. The first kappa shape index (κ1) is 9.46. The van der Waals surface area contributed by atoms with E-state index in [1.807, 2.05) is 12.3 Å². The lowest BCUT2D eigenvalue weighted by Gasteiger charge is -2.13. The average molecular weight is 191 g/mol. The molecule has 14 heavy (non-hydrogen) atoms. The van der Waals surface area contributed by atoms with Crippen LogP contribution in [-0.4, -0.2) is 36.1 Å². The smallest absolute Gasteiger partial charge is 0.126 e. The summed E-state index contributed by atoms with van der Waals surface area (Å²) in [6, 6.07) is 4.68. The highest BCUT2D eigenvalue weighted by atomic mass is 15.2. The molecule has 0 spiro atoms. The van der Waals surface area contributed by atoms with Crippen molar-refractivity contribution >= 4 is 5.82 Å². The quantitative estimate of drug-likeness (QED) is 0.768. The summed E-state index contributed by atoms with van der Waals surface area (Å²) in [6.07, 6.45) is 3.07. The van der Waals surface area contributed by atoms with Crippen LogP contribution in [0.15, 0.2) is 18.3 Å². The van der Waals surface area contributed by atoms with Crippen LogP contribution in [0.3, 0.4) is 0 Å². The molecule has 0 aromatic carbocycles. The van der Waals surface area contributed by atoms with Crippen molar-refractivity contribution in [3.05, 3.63) is 23.9 Å². The molecule has 1 unspecified atom stereocenters. The lowest BCUT2D eigenvalue weighted by molar-refractivity contribution is 0.414. The molecule has 0 bridgehead atoms. The van der Waals surface area contributed by atoms with Crippen molar-refractivity contribution in [1.29, 1.82) is 0 Å². The third kappa shape index (κ3) is 2.23. The summed E-state index contributed by atoms with van der Waals surface area (Å²) in [5.74, 6) is 1.00. The number of rotatable bonds is 2. The first-order valence-electron chi connectivity index (χ1n) is 5.12. The Hall–Kier alpha value is -1.09. The molecule has 1 aromatic heterocycles. The number of hydrogen-bond acceptors (Lipinski definition) is 3. The second kappa shape index (κ2) is 3.96. The van der Waals surface area contributed by atoms with Gasteiger partial charge in [0.1, 0.15) is 5.82 Å². The van der Waals surface area contributed by atoms with Crippen LogP contribution in [0.4, 0.5) is 5.82 Å². The number of nitrogens with one attached hydrogen (secondary N) is 1. The van der Waals surface area contributed by atoms with Gasteiger partial charge in [0.15, 0.2) is 0 Å². The minimum Gasteiger partial charge on any atom is -0.366 e. The number of anilines is 1. The summed E-state index contributed by atoms with van der Waals surface area (Å²) < 4.78 is 0. The van der Waals surface area contributed by atoms with Gasteiger partial charge in [-0.3, -0.25) is 0 Å². The number of nitrogens with zero attached hydrogens (tertiary/aromatic N) is 2. The second-order valence-corrected chi connectivity index (χ2v) is 4.11. The Morgan fingerprint density at radius 2 is 2.43 bits per heavy atom. The van der Waals surface area contributed by atoms with Crippen molar-refractivity contribution in [1.82, 2.24) is 9.88 Å². The van der Waals surface area contributed by atoms with Gasteiger partial charge in [-0.15, -0.1) is 0 Å². The maximum atomic E-state index is 4.30. The van der Waals surface area contributed by atoms with E-state index in [4.69, 9.17) is 0 Å². The largest absolute Gasteiger partial charge is 0.366 e. The Morgan fingerprint density at radius 1 is 1.57 bits per heavy atom. The van der Waals surface area contributed by atoms with Gasteiger partial charge in [0.2, 0.25) is 0 Å². The number of pyridine rings is 1. The van der Waals surface area contributed by atoms with Crippen LogP contribution in [0, 0.1) is 6.92 Å². The number of likely N-dealkylation sites (tertiary alicyclic amines) is 1. The molecule has 2 heterocycles. The van der Waals surface area contributed by atoms with Crippen LogP contribution in [0.25, 0.3) is 0 Å². The molecule has 3 heteroatoms. The Balaban J connectivity index is 1.97. The summed E-state index contributed by atoms with van der Waals surface area (Å²) in [5.41, 5.74) is 1.26. The average Bonchev–Trinajstić information content (AvgIpc) is 2.51. The van der Waals surface area contributed by atoms with Crippen molar-refractivity contribution in [2.45, 2.75) is 19.4 Å². The normalized spacial score (nSPS) is 22.6. The van der Waals surface area contributed by atoms with Crippen LogP contribution in [0.2, 0.25) is 0 Å². The van der Waals surface area contributed by atoms with E-state index >= 15 is 0 Å². The van der Waals surface area contributed by atoms with Crippen LogP contribution in [-0.2, 0) is 0 Å². The van der Waals surface area contributed by atoms with Crippen molar-refractivity contribution < 1.29 is 0 Å². The summed E-state index contributed by atoms with van der Waals surface area (Å²) in [6.45, 7) is 4.40. The van der Waals surface area contributed by atoms with Gasteiger partial charge in [0, 0.05) is 18.8 Å². The van der Waals surface area contributed by atoms with E-state index in [9.17, 15) is 0 Å². The Bertz CT molecular complexity index is 311. The van der Waals surface area contributed by atoms with Gasteiger partial charge in [0.05, 0.1) is 0 Å². The third-order valence-electron chi connectivity index (χ3n) is 2.66. The Labute approximate surface area is 85.1 Å². The zero-order valence-corrected chi connectivity index (χ0v) is 8.83. The van der Waals surface area contributed by atoms with E-state index in [-0.39, 0.29) is 0 Å². The molecule has 0 aliphatic carbocycles. The van der Waals surface area contributed by atoms with Gasteiger partial charge in [-0.05, 0) is 44.6 Å². The van der Waals surface area contributed by atoms with Crippen LogP contribution >= 0.6 is 0 Å². The van der Waals surface area contributed by atoms with Crippen molar-refractivity contribution in [2.75, 3.05) is 25.5 Å². The van der Waals surface area contributed by atoms with E-state index in [2.05, 4.69) is 35.2 Å². The number of hydrogen-bond donors (Lipinski definition) is 1. The Morgan fingerprint density at radius 3 is 3.07 bits per heavy atom. The van der Waals surface area contributed by atoms with Crippen LogP contribution < -0.4 is 5.32 Å². The van der Waals surface area contributed by atoms with E-state index < -0.39 is 0 Å². The zero-order valence-electron chi connectivity index (χ0n) is 8.83. The molecule has 1 fully saturated rings. The molecule has 1 aromatic rings. The topological polar surface area (TPSA) is 28.2 Å². The fourth-order valence-electron chi connectivity index (χ4n) is 1.88. The molecule has 0 amide bonds. The monoisotopic (exact) mass is 191 g/mol. The maximum absolute atomic E-state index is 4.30. The molecule has 1 N–H and O–H groups in total.